The topological polar surface area (TPSA) is 73.2 Å². The molecule has 0 fully saturated rings. The fraction of sp³-hybridized carbons (Fsp3) is 0.0800. The molecule has 0 aliphatic carbocycles. The van der Waals surface area contributed by atoms with Crippen LogP contribution in [0.25, 0.3) is 0 Å². The van der Waals surface area contributed by atoms with Crippen LogP contribution in [0.5, 0.6) is 5.75 Å². The van der Waals surface area contributed by atoms with E-state index in [1.54, 1.807) is 41.2 Å². The maximum absolute atomic E-state index is 13.3. The molecule has 6 nitrogen and oxygen atoms in total. The van der Waals surface area contributed by atoms with E-state index in [1.165, 1.54) is 6.07 Å². The SMILES string of the molecule is O=C(COc1ccc(Cl)cc1C(=O)c1nccn1Cc1ccccc1)Nc1ccccc1. The Balaban J connectivity index is 1.52. The van der Waals surface area contributed by atoms with Crippen LogP contribution < -0.4 is 10.1 Å². The van der Waals surface area contributed by atoms with Gasteiger partial charge in [-0.3, -0.25) is 9.59 Å². The second kappa shape index (κ2) is 9.94. The van der Waals surface area contributed by atoms with Crippen LogP contribution in [0.1, 0.15) is 21.7 Å². The van der Waals surface area contributed by atoms with Crippen molar-refractivity contribution in [2.45, 2.75) is 6.54 Å². The number of amides is 1. The van der Waals surface area contributed by atoms with E-state index in [9.17, 15) is 9.59 Å². The van der Waals surface area contributed by atoms with Crippen molar-refractivity contribution in [3.05, 3.63) is 113 Å². The van der Waals surface area contributed by atoms with E-state index in [-0.39, 0.29) is 35.4 Å². The monoisotopic (exact) mass is 445 g/mol. The molecule has 0 saturated heterocycles. The Bertz CT molecular complexity index is 1220. The molecule has 0 aliphatic rings. The minimum atomic E-state index is -0.341. The van der Waals surface area contributed by atoms with Gasteiger partial charge in [-0.1, -0.05) is 60.1 Å². The van der Waals surface area contributed by atoms with Crippen molar-refractivity contribution in [2.24, 2.45) is 0 Å². The van der Waals surface area contributed by atoms with Crippen LogP contribution in [-0.4, -0.2) is 27.8 Å². The minimum Gasteiger partial charge on any atom is -0.483 e. The summed E-state index contributed by atoms with van der Waals surface area (Å²) in [5, 5.41) is 3.13. The van der Waals surface area contributed by atoms with E-state index in [2.05, 4.69) is 10.3 Å². The van der Waals surface area contributed by atoms with Crippen molar-refractivity contribution in [1.82, 2.24) is 9.55 Å². The van der Waals surface area contributed by atoms with Crippen LogP contribution >= 0.6 is 11.6 Å². The Morgan fingerprint density at radius 2 is 1.69 bits per heavy atom. The number of hydrogen-bond acceptors (Lipinski definition) is 4. The lowest BCUT2D eigenvalue weighted by molar-refractivity contribution is -0.118. The average Bonchev–Trinajstić information content (AvgIpc) is 3.27. The zero-order valence-electron chi connectivity index (χ0n) is 17.1. The number of ketones is 1. The predicted molar refractivity (Wildman–Crippen MR) is 123 cm³/mol. The molecule has 32 heavy (non-hydrogen) atoms. The molecular formula is C25H20ClN3O3. The standard InChI is InChI=1S/C25H20ClN3O3/c26-19-11-12-22(32-17-23(30)28-20-9-5-2-6-10-20)21(15-19)24(31)25-27-13-14-29(25)16-18-7-3-1-4-8-18/h1-15H,16-17H2,(H,28,30). The number of nitrogens with zero attached hydrogens (tertiary/aromatic N) is 2. The molecule has 1 amide bonds. The highest BCUT2D eigenvalue weighted by molar-refractivity contribution is 6.31. The first-order valence-corrected chi connectivity index (χ1v) is 10.3. The Labute approximate surface area is 190 Å². The number of ether oxygens (including phenoxy) is 1. The fourth-order valence-electron chi connectivity index (χ4n) is 3.21. The van der Waals surface area contributed by atoms with Gasteiger partial charge in [0.1, 0.15) is 5.75 Å². The summed E-state index contributed by atoms with van der Waals surface area (Å²) in [6.07, 6.45) is 3.33. The molecule has 1 N–H and O–H groups in total. The molecule has 4 aromatic rings. The maximum Gasteiger partial charge on any atom is 0.262 e. The van der Waals surface area contributed by atoms with Gasteiger partial charge in [-0.15, -0.1) is 0 Å². The summed E-state index contributed by atoms with van der Waals surface area (Å²) in [4.78, 5) is 29.8. The number of aromatic nitrogens is 2. The molecule has 1 aromatic heterocycles. The number of carbonyl (C=O) groups excluding carboxylic acids is 2. The van der Waals surface area contributed by atoms with E-state index in [0.717, 1.165) is 5.56 Å². The zero-order valence-corrected chi connectivity index (χ0v) is 17.8. The molecule has 0 unspecified atom stereocenters. The quantitative estimate of drug-likeness (QED) is 0.394. The second-order valence-corrected chi connectivity index (χ2v) is 7.47. The third kappa shape index (κ3) is 5.22. The smallest absolute Gasteiger partial charge is 0.262 e. The van der Waals surface area contributed by atoms with Gasteiger partial charge >= 0.3 is 0 Å². The van der Waals surface area contributed by atoms with Crippen molar-refractivity contribution in [1.29, 1.82) is 0 Å². The van der Waals surface area contributed by atoms with Crippen molar-refractivity contribution >= 4 is 29.0 Å². The van der Waals surface area contributed by atoms with Gasteiger partial charge < -0.3 is 14.6 Å². The summed E-state index contributed by atoms with van der Waals surface area (Å²) in [5.41, 5.74) is 1.95. The second-order valence-electron chi connectivity index (χ2n) is 7.04. The van der Waals surface area contributed by atoms with Crippen LogP contribution in [0.2, 0.25) is 5.02 Å². The van der Waals surface area contributed by atoms with Crippen LogP contribution in [0.3, 0.4) is 0 Å². The Morgan fingerprint density at radius 3 is 2.44 bits per heavy atom. The minimum absolute atomic E-state index is 0.241. The lowest BCUT2D eigenvalue weighted by Gasteiger charge is -2.13. The highest BCUT2D eigenvalue weighted by atomic mass is 35.5. The molecule has 7 heteroatoms. The van der Waals surface area contributed by atoms with Gasteiger partial charge in [-0.25, -0.2) is 4.98 Å². The molecule has 160 valence electrons. The number of para-hydroxylation sites is 1. The number of imidazole rings is 1. The first-order valence-electron chi connectivity index (χ1n) is 9.97. The van der Waals surface area contributed by atoms with Gasteiger partial charge in [0.2, 0.25) is 5.78 Å². The zero-order chi connectivity index (χ0) is 22.3. The number of carbonyl (C=O) groups is 2. The van der Waals surface area contributed by atoms with Gasteiger partial charge in [0, 0.05) is 29.6 Å². The average molecular weight is 446 g/mol. The molecule has 4 rings (SSSR count). The summed E-state index contributed by atoms with van der Waals surface area (Å²) in [6.45, 7) is 0.243. The molecule has 0 atom stereocenters. The van der Waals surface area contributed by atoms with Crippen LogP contribution in [0.15, 0.2) is 91.3 Å². The molecular weight excluding hydrogens is 426 g/mol. The number of anilines is 1. The van der Waals surface area contributed by atoms with E-state index >= 15 is 0 Å². The summed E-state index contributed by atoms with van der Waals surface area (Å²) < 4.78 is 7.44. The Kier molecular flexibility index (Phi) is 6.63. The van der Waals surface area contributed by atoms with Crippen molar-refractivity contribution in [2.75, 3.05) is 11.9 Å². The van der Waals surface area contributed by atoms with E-state index < -0.39 is 0 Å². The molecule has 0 radical (unpaired) electrons. The number of hydrogen-bond donors (Lipinski definition) is 1. The molecule has 1 heterocycles. The summed E-state index contributed by atoms with van der Waals surface area (Å²) >= 11 is 6.15. The molecule has 3 aromatic carbocycles. The van der Waals surface area contributed by atoms with Gasteiger partial charge in [0.15, 0.2) is 12.4 Å². The van der Waals surface area contributed by atoms with E-state index in [1.807, 2.05) is 48.5 Å². The van der Waals surface area contributed by atoms with Gasteiger partial charge in [-0.2, -0.15) is 0 Å². The van der Waals surface area contributed by atoms with Crippen molar-refractivity contribution in [3.8, 4) is 5.75 Å². The third-order valence-corrected chi connectivity index (χ3v) is 4.95. The van der Waals surface area contributed by atoms with Crippen LogP contribution in [0.4, 0.5) is 5.69 Å². The number of benzene rings is 3. The molecule has 0 saturated carbocycles. The van der Waals surface area contributed by atoms with Gasteiger partial charge in [0.25, 0.3) is 5.91 Å². The first kappa shape index (κ1) is 21.3. The molecule has 0 aliphatic heterocycles. The Morgan fingerprint density at radius 1 is 0.969 bits per heavy atom. The number of rotatable bonds is 8. The summed E-state index contributed by atoms with van der Waals surface area (Å²) in [7, 11) is 0. The van der Waals surface area contributed by atoms with E-state index in [0.29, 0.717) is 17.3 Å². The lowest BCUT2D eigenvalue weighted by Crippen LogP contribution is -2.21. The normalized spacial score (nSPS) is 10.5. The number of halogens is 1. The first-order chi connectivity index (χ1) is 15.6. The van der Waals surface area contributed by atoms with Crippen LogP contribution in [0, 0.1) is 0 Å². The van der Waals surface area contributed by atoms with Gasteiger partial charge in [0.05, 0.1) is 5.56 Å². The predicted octanol–water partition coefficient (Wildman–Crippen LogP) is 4.83. The van der Waals surface area contributed by atoms with Crippen molar-refractivity contribution in [3.63, 3.8) is 0 Å². The maximum atomic E-state index is 13.3. The lowest BCUT2D eigenvalue weighted by atomic mass is 10.1. The van der Waals surface area contributed by atoms with Gasteiger partial charge in [-0.05, 0) is 35.9 Å². The number of nitrogens with one attached hydrogen (secondary N) is 1. The van der Waals surface area contributed by atoms with Crippen LogP contribution in [-0.2, 0) is 11.3 Å². The Hall–Kier alpha value is -3.90. The fourth-order valence-corrected chi connectivity index (χ4v) is 3.39. The van der Waals surface area contributed by atoms with Crippen molar-refractivity contribution < 1.29 is 14.3 Å². The summed E-state index contributed by atoms with van der Waals surface area (Å²) in [6, 6.07) is 23.6. The highest BCUT2D eigenvalue weighted by Crippen LogP contribution is 2.25. The van der Waals surface area contributed by atoms with E-state index in [4.69, 9.17) is 16.3 Å². The third-order valence-electron chi connectivity index (χ3n) is 4.72. The molecule has 0 spiro atoms. The highest BCUT2D eigenvalue weighted by Gasteiger charge is 2.21. The molecule has 0 bridgehead atoms. The summed E-state index contributed by atoms with van der Waals surface area (Å²) in [5.74, 6) is -0.159. The largest absolute Gasteiger partial charge is 0.483 e.